The van der Waals surface area contributed by atoms with Gasteiger partial charge in [0.15, 0.2) is 23.0 Å². The molecule has 1 amide bonds. The van der Waals surface area contributed by atoms with Gasteiger partial charge < -0.3 is 29.2 Å². The average molecular weight is 528 g/mol. The van der Waals surface area contributed by atoms with Crippen molar-refractivity contribution < 1.29 is 41.4 Å². The lowest BCUT2D eigenvalue weighted by atomic mass is 9.64. The van der Waals surface area contributed by atoms with Gasteiger partial charge in [0, 0.05) is 24.9 Å². The molecule has 0 radical (unpaired) electrons. The normalized spacial score (nSPS) is 24.3. The number of carbonyl (C=O) groups excluding carboxylic acids is 1. The Morgan fingerprint density at radius 2 is 1.92 bits per heavy atom. The van der Waals surface area contributed by atoms with E-state index in [-0.39, 0.29) is 23.6 Å². The van der Waals surface area contributed by atoms with Crippen molar-refractivity contribution in [2.45, 2.75) is 63.3 Å². The SMILES string of the molecule is CCC1(OC)CN(c2nc(C(=O)Nc3cc(O)c(OC4CC5CC(C5)C4)c(F)c3)c(CC(F)(F)F)o2)C1. The van der Waals surface area contributed by atoms with Crippen LogP contribution in [-0.2, 0) is 11.2 Å². The van der Waals surface area contributed by atoms with Gasteiger partial charge >= 0.3 is 6.18 Å². The fraction of sp³-hybridized carbons (Fsp3) is 0.600. The van der Waals surface area contributed by atoms with E-state index in [4.69, 9.17) is 13.9 Å². The van der Waals surface area contributed by atoms with Crippen molar-refractivity contribution in [2.24, 2.45) is 11.8 Å². The summed E-state index contributed by atoms with van der Waals surface area (Å²) in [6, 6.07) is 1.91. The maximum Gasteiger partial charge on any atom is 0.396 e. The Bertz CT molecular complexity index is 1130. The fourth-order valence-electron chi connectivity index (χ4n) is 5.55. The topological polar surface area (TPSA) is 97.1 Å². The molecular formula is C25H29F4N3O5. The number of anilines is 2. The van der Waals surface area contributed by atoms with Crippen molar-refractivity contribution in [1.29, 1.82) is 0 Å². The lowest BCUT2D eigenvalue weighted by Gasteiger charge is -2.47. The van der Waals surface area contributed by atoms with Gasteiger partial charge in [-0.15, -0.1) is 0 Å². The zero-order chi connectivity index (χ0) is 26.5. The van der Waals surface area contributed by atoms with Crippen LogP contribution in [0.15, 0.2) is 16.5 Å². The van der Waals surface area contributed by atoms with E-state index in [9.17, 15) is 27.5 Å². The number of fused-ring (bicyclic) bond motifs is 2. The number of amides is 1. The van der Waals surface area contributed by atoms with Crippen molar-refractivity contribution >= 4 is 17.6 Å². The molecule has 37 heavy (non-hydrogen) atoms. The molecule has 1 saturated heterocycles. The van der Waals surface area contributed by atoms with Gasteiger partial charge in [-0.3, -0.25) is 4.79 Å². The van der Waals surface area contributed by atoms with Crippen LogP contribution in [0.2, 0.25) is 0 Å². The van der Waals surface area contributed by atoms with Gasteiger partial charge in [-0.05, 0) is 43.9 Å². The lowest BCUT2D eigenvalue weighted by molar-refractivity contribution is -0.130. The quantitative estimate of drug-likeness (QED) is 0.464. The molecule has 1 aromatic carbocycles. The minimum Gasteiger partial charge on any atom is -0.504 e. The van der Waals surface area contributed by atoms with Gasteiger partial charge in [0.25, 0.3) is 11.9 Å². The minimum atomic E-state index is -4.65. The first-order valence-electron chi connectivity index (χ1n) is 12.3. The molecule has 202 valence electrons. The highest BCUT2D eigenvalue weighted by Gasteiger charge is 2.45. The number of alkyl halides is 3. The molecule has 4 aliphatic rings. The molecule has 2 aromatic rings. The Balaban J connectivity index is 1.32. The number of oxazole rings is 1. The van der Waals surface area contributed by atoms with Crippen LogP contribution in [0.1, 0.15) is 55.3 Å². The molecule has 0 atom stereocenters. The molecule has 2 N–H and O–H groups in total. The van der Waals surface area contributed by atoms with Crippen molar-refractivity contribution in [1.82, 2.24) is 4.98 Å². The summed E-state index contributed by atoms with van der Waals surface area (Å²) >= 11 is 0. The predicted molar refractivity (Wildman–Crippen MR) is 124 cm³/mol. The molecule has 0 unspecified atom stereocenters. The molecule has 8 nitrogen and oxygen atoms in total. The van der Waals surface area contributed by atoms with Crippen molar-refractivity contribution in [3.63, 3.8) is 0 Å². The van der Waals surface area contributed by atoms with E-state index < -0.39 is 47.1 Å². The van der Waals surface area contributed by atoms with Crippen LogP contribution in [0.25, 0.3) is 0 Å². The van der Waals surface area contributed by atoms with Crippen molar-refractivity contribution in [3.8, 4) is 11.5 Å². The van der Waals surface area contributed by atoms with Crippen LogP contribution >= 0.6 is 0 Å². The monoisotopic (exact) mass is 527 g/mol. The van der Waals surface area contributed by atoms with Crippen LogP contribution in [0, 0.1) is 17.7 Å². The van der Waals surface area contributed by atoms with E-state index in [1.54, 1.807) is 12.0 Å². The highest BCUT2D eigenvalue weighted by atomic mass is 19.4. The molecule has 1 aromatic heterocycles. The number of ether oxygens (including phenoxy) is 2. The molecular weight excluding hydrogens is 498 g/mol. The maximum atomic E-state index is 14.8. The third-order valence-corrected chi connectivity index (χ3v) is 7.66. The van der Waals surface area contributed by atoms with Gasteiger partial charge in [-0.1, -0.05) is 6.92 Å². The van der Waals surface area contributed by atoms with Gasteiger partial charge in [0.2, 0.25) is 0 Å². The van der Waals surface area contributed by atoms with E-state index in [2.05, 4.69) is 10.3 Å². The third-order valence-electron chi connectivity index (χ3n) is 7.66. The number of aromatic hydroxyl groups is 1. The summed E-state index contributed by atoms with van der Waals surface area (Å²) in [5, 5.41) is 12.7. The number of hydrogen-bond acceptors (Lipinski definition) is 7. The summed E-state index contributed by atoms with van der Waals surface area (Å²) in [6.45, 7) is 2.61. The number of nitrogens with zero attached hydrogens (tertiary/aromatic N) is 2. The van der Waals surface area contributed by atoms with Crippen molar-refractivity contribution in [2.75, 3.05) is 30.4 Å². The summed E-state index contributed by atoms with van der Waals surface area (Å²) < 4.78 is 70.8. The minimum absolute atomic E-state index is 0.131. The number of carbonyl (C=O) groups is 1. The second kappa shape index (κ2) is 9.38. The highest BCUT2D eigenvalue weighted by Crippen LogP contribution is 2.47. The van der Waals surface area contributed by atoms with Gasteiger partial charge in [-0.25, -0.2) is 4.39 Å². The van der Waals surface area contributed by atoms with E-state index in [1.165, 1.54) is 0 Å². The first-order chi connectivity index (χ1) is 17.5. The number of halogens is 4. The number of phenols is 1. The third kappa shape index (κ3) is 5.21. The van der Waals surface area contributed by atoms with E-state index in [0.717, 1.165) is 37.8 Å². The summed E-state index contributed by atoms with van der Waals surface area (Å²) in [7, 11) is 1.55. The smallest absolute Gasteiger partial charge is 0.396 e. The number of aromatic nitrogens is 1. The predicted octanol–water partition coefficient (Wildman–Crippen LogP) is 5.06. The lowest BCUT2D eigenvalue weighted by Crippen LogP contribution is -2.62. The van der Waals surface area contributed by atoms with E-state index in [1.807, 2.05) is 6.92 Å². The molecule has 1 aliphatic heterocycles. The number of nitrogens with one attached hydrogen (secondary N) is 1. The zero-order valence-electron chi connectivity index (χ0n) is 20.5. The molecule has 3 saturated carbocycles. The molecule has 3 aliphatic carbocycles. The standard InChI is InChI=1S/C25H29F4N3O5/c1-3-24(35-2)11-32(12-24)23-31-20(19(37-23)10-25(27,28)29)22(34)30-15-8-17(26)21(18(33)9-15)36-16-6-13-4-14(5-13)7-16/h8-9,13-14,16,33H,3-7,10-12H2,1-2H3,(H,30,34). The van der Waals surface area contributed by atoms with E-state index in [0.29, 0.717) is 31.3 Å². The number of methoxy groups -OCH3 is 1. The summed E-state index contributed by atoms with van der Waals surface area (Å²) in [4.78, 5) is 18.5. The zero-order valence-corrected chi connectivity index (χ0v) is 20.5. The first-order valence-corrected chi connectivity index (χ1v) is 12.3. The van der Waals surface area contributed by atoms with Crippen LogP contribution in [0.3, 0.4) is 0 Å². The van der Waals surface area contributed by atoms with Crippen LogP contribution in [0.4, 0.5) is 29.3 Å². The van der Waals surface area contributed by atoms with Crippen molar-refractivity contribution in [3.05, 3.63) is 29.4 Å². The van der Waals surface area contributed by atoms with Gasteiger partial charge in [0.05, 0.1) is 19.2 Å². The first kappa shape index (κ1) is 25.6. The Morgan fingerprint density at radius 3 is 2.49 bits per heavy atom. The Morgan fingerprint density at radius 1 is 1.24 bits per heavy atom. The van der Waals surface area contributed by atoms with Gasteiger partial charge in [-0.2, -0.15) is 18.2 Å². The molecule has 6 rings (SSSR count). The molecule has 0 spiro atoms. The highest BCUT2D eigenvalue weighted by molar-refractivity contribution is 6.04. The number of rotatable bonds is 8. The Labute approximate surface area is 210 Å². The molecule has 2 bridgehead atoms. The average Bonchev–Trinajstić information content (AvgIpc) is 3.18. The summed E-state index contributed by atoms with van der Waals surface area (Å²) in [5.74, 6) is -2.26. The van der Waals surface area contributed by atoms with Gasteiger partial charge in [0.1, 0.15) is 17.8 Å². The second-order valence-electron chi connectivity index (χ2n) is 10.3. The number of hydrogen-bond donors (Lipinski definition) is 2. The molecule has 4 fully saturated rings. The molecule has 12 heteroatoms. The number of phenolic OH excluding ortho intramolecular Hbond substituents is 1. The van der Waals surface area contributed by atoms with Crippen LogP contribution in [0.5, 0.6) is 11.5 Å². The summed E-state index contributed by atoms with van der Waals surface area (Å²) in [6.07, 6.45) is -1.76. The van der Waals surface area contributed by atoms with Crippen LogP contribution < -0.4 is 15.0 Å². The fourth-order valence-corrected chi connectivity index (χ4v) is 5.55. The number of benzene rings is 1. The largest absolute Gasteiger partial charge is 0.504 e. The Hall–Kier alpha value is -3.02. The second-order valence-corrected chi connectivity index (χ2v) is 10.3. The Kier molecular flexibility index (Phi) is 6.49. The van der Waals surface area contributed by atoms with E-state index >= 15 is 0 Å². The summed E-state index contributed by atoms with van der Waals surface area (Å²) in [5.41, 5.74) is -1.19. The maximum absolute atomic E-state index is 14.8. The van der Waals surface area contributed by atoms with Crippen LogP contribution in [-0.4, -0.2) is 54.1 Å². The molecule has 2 heterocycles.